The van der Waals surface area contributed by atoms with Crippen molar-refractivity contribution in [3.8, 4) is 0 Å². The van der Waals surface area contributed by atoms with E-state index < -0.39 is 29.1 Å². The Hall–Kier alpha value is -2.48. The minimum absolute atomic E-state index is 0.0687. The molecule has 0 aliphatic heterocycles. The Morgan fingerprint density at radius 2 is 2.08 bits per heavy atom. The Bertz CT molecular complexity index is 742. The Morgan fingerprint density at radius 3 is 2.75 bits per heavy atom. The van der Waals surface area contributed by atoms with Crippen LogP contribution in [-0.2, 0) is 15.3 Å². The number of nitrogens with zero attached hydrogens (tertiary/aromatic N) is 1. The van der Waals surface area contributed by atoms with Gasteiger partial charge in [0.15, 0.2) is 0 Å². The number of halogens is 2. The second kappa shape index (κ2) is 8.39. The van der Waals surface area contributed by atoms with Crippen molar-refractivity contribution in [3.05, 3.63) is 59.4 Å². The number of thioether (sulfide) groups is 1. The molecule has 0 bridgehead atoms. The van der Waals surface area contributed by atoms with Gasteiger partial charge in [-0.2, -0.15) is 0 Å². The third-order valence-electron chi connectivity index (χ3n) is 2.96. The molecule has 8 heteroatoms. The van der Waals surface area contributed by atoms with Gasteiger partial charge in [0.05, 0.1) is 24.1 Å². The van der Waals surface area contributed by atoms with E-state index in [4.69, 9.17) is 0 Å². The number of methoxy groups -OCH3 is 1. The van der Waals surface area contributed by atoms with Gasteiger partial charge in [-0.3, -0.25) is 9.78 Å². The Labute approximate surface area is 141 Å². The SMILES string of the molecule is COC(=O)c1cc(NC(=O)CSCc2cccnc2)c(F)cc1F. The van der Waals surface area contributed by atoms with Gasteiger partial charge in [-0.1, -0.05) is 6.07 Å². The minimum atomic E-state index is -1.05. The highest BCUT2D eigenvalue weighted by molar-refractivity contribution is 7.99. The predicted molar refractivity (Wildman–Crippen MR) is 86.7 cm³/mol. The van der Waals surface area contributed by atoms with E-state index in [0.717, 1.165) is 18.7 Å². The van der Waals surface area contributed by atoms with Gasteiger partial charge >= 0.3 is 5.97 Å². The fourth-order valence-corrected chi connectivity index (χ4v) is 2.61. The van der Waals surface area contributed by atoms with Crippen LogP contribution in [0.25, 0.3) is 0 Å². The van der Waals surface area contributed by atoms with Crippen LogP contribution >= 0.6 is 11.8 Å². The first-order valence-electron chi connectivity index (χ1n) is 6.85. The molecule has 0 saturated heterocycles. The van der Waals surface area contributed by atoms with E-state index in [1.807, 2.05) is 6.07 Å². The van der Waals surface area contributed by atoms with Crippen LogP contribution in [0.4, 0.5) is 14.5 Å². The van der Waals surface area contributed by atoms with Crippen molar-refractivity contribution >= 4 is 29.3 Å². The molecule has 1 aromatic carbocycles. The summed E-state index contributed by atoms with van der Waals surface area (Å²) in [6.45, 7) is 0. The second-order valence-corrected chi connectivity index (χ2v) is 5.69. The summed E-state index contributed by atoms with van der Waals surface area (Å²) in [6.07, 6.45) is 3.34. The molecule has 0 radical (unpaired) electrons. The number of hydrogen-bond acceptors (Lipinski definition) is 5. The summed E-state index contributed by atoms with van der Waals surface area (Å²) in [7, 11) is 1.08. The number of nitrogens with one attached hydrogen (secondary N) is 1. The van der Waals surface area contributed by atoms with E-state index in [0.29, 0.717) is 11.8 Å². The summed E-state index contributed by atoms with van der Waals surface area (Å²) in [5.74, 6) is -2.80. The minimum Gasteiger partial charge on any atom is -0.465 e. The smallest absolute Gasteiger partial charge is 0.340 e. The highest BCUT2D eigenvalue weighted by Gasteiger charge is 2.17. The molecule has 0 atom stereocenters. The summed E-state index contributed by atoms with van der Waals surface area (Å²) < 4.78 is 31.7. The molecule has 0 spiro atoms. The molecule has 126 valence electrons. The van der Waals surface area contributed by atoms with Gasteiger partial charge in [0.2, 0.25) is 5.91 Å². The van der Waals surface area contributed by atoms with Gasteiger partial charge in [-0.05, 0) is 17.7 Å². The van der Waals surface area contributed by atoms with Crippen molar-refractivity contribution in [2.75, 3.05) is 18.2 Å². The molecule has 1 amide bonds. The number of carbonyl (C=O) groups excluding carboxylic acids is 2. The molecule has 5 nitrogen and oxygen atoms in total. The van der Waals surface area contributed by atoms with Crippen molar-refractivity contribution in [2.45, 2.75) is 5.75 Å². The van der Waals surface area contributed by atoms with Crippen molar-refractivity contribution in [3.63, 3.8) is 0 Å². The van der Waals surface area contributed by atoms with E-state index in [2.05, 4.69) is 15.0 Å². The maximum atomic E-state index is 13.7. The molecular formula is C16H14F2N2O3S. The molecular weight excluding hydrogens is 338 g/mol. The quantitative estimate of drug-likeness (QED) is 0.810. The second-order valence-electron chi connectivity index (χ2n) is 4.71. The van der Waals surface area contributed by atoms with Crippen molar-refractivity contribution in [1.82, 2.24) is 4.98 Å². The van der Waals surface area contributed by atoms with Gasteiger partial charge < -0.3 is 10.1 Å². The lowest BCUT2D eigenvalue weighted by Gasteiger charge is -2.09. The van der Waals surface area contributed by atoms with Gasteiger partial charge in [0, 0.05) is 24.2 Å². The molecule has 1 N–H and O–H groups in total. The fourth-order valence-electron chi connectivity index (χ4n) is 1.84. The average molecular weight is 352 g/mol. The number of aromatic nitrogens is 1. The van der Waals surface area contributed by atoms with Gasteiger partial charge in [-0.15, -0.1) is 11.8 Å². The lowest BCUT2D eigenvalue weighted by Crippen LogP contribution is -2.16. The summed E-state index contributed by atoms with van der Waals surface area (Å²) in [4.78, 5) is 27.2. The third kappa shape index (κ3) is 4.76. The molecule has 1 heterocycles. The van der Waals surface area contributed by atoms with E-state index >= 15 is 0 Å². The largest absolute Gasteiger partial charge is 0.465 e. The molecule has 0 saturated carbocycles. The van der Waals surface area contributed by atoms with E-state index in [9.17, 15) is 18.4 Å². The zero-order valence-electron chi connectivity index (χ0n) is 12.7. The molecule has 0 aliphatic carbocycles. The summed E-state index contributed by atoms with van der Waals surface area (Å²) in [5, 5.41) is 2.32. The van der Waals surface area contributed by atoms with Crippen molar-refractivity contribution in [2.24, 2.45) is 0 Å². The standard InChI is InChI=1S/C16H14F2N2O3S/c1-23-16(22)11-5-14(13(18)6-12(11)17)20-15(21)9-24-8-10-3-2-4-19-7-10/h2-7H,8-9H2,1H3,(H,20,21). The predicted octanol–water partition coefficient (Wildman–Crippen LogP) is 3.02. The number of carbonyl (C=O) groups is 2. The third-order valence-corrected chi connectivity index (χ3v) is 3.96. The Morgan fingerprint density at radius 1 is 1.29 bits per heavy atom. The Kier molecular flexibility index (Phi) is 6.25. The fraction of sp³-hybridized carbons (Fsp3) is 0.188. The van der Waals surface area contributed by atoms with E-state index in [-0.39, 0.29) is 11.4 Å². The highest BCUT2D eigenvalue weighted by Crippen LogP contribution is 2.21. The number of hydrogen-bond donors (Lipinski definition) is 1. The first-order chi connectivity index (χ1) is 11.5. The van der Waals surface area contributed by atoms with Crippen LogP contribution in [0.3, 0.4) is 0 Å². The summed E-state index contributed by atoms with van der Waals surface area (Å²) in [5.41, 5.74) is 0.234. The van der Waals surface area contributed by atoms with Crippen LogP contribution in [-0.4, -0.2) is 29.7 Å². The van der Waals surface area contributed by atoms with E-state index in [1.165, 1.54) is 11.8 Å². The van der Waals surface area contributed by atoms with Crippen LogP contribution in [0.2, 0.25) is 0 Å². The molecule has 0 aliphatic rings. The van der Waals surface area contributed by atoms with E-state index in [1.54, 1.807) is 18.5 Å². The molecule has 0 fully saturated rings. The van der Waals surface area contributed by atoms with Crippen molar-refractivity contribution < 1.29 is 23.1 Å². The average Bonchev–Trinajstić information content (AvgIpc) is 2.57. The number of pyridine rings is 1. The molecule has 1 aromatic heterocycles. The number of amides is 1. The maximum absolute atomic E-state index is 13.7. The van der Waals surface area contributed by atoms with Gasteiger partial charge in [-0.25, -0.2) is 13.6 Å². The number of benzene rings is 1. The van der Waals surface area contributed by atoms with Crippen LogP contribution in [0.15, 0.2) is 36.7 Å². The zero-order chi connectivity index (χ0) is 17.5. The lowest BCUT2D eigenvalue weighted by molar-refractivity contribution is -0.113. The molecule has 2 aromatic rings. The normalized spacial score (nSPS) is 10.3. The Balaban J connectivity index is 1.97. The van der Waals surface area contributed by atoms with Crippen LogP contribution in [0.5, 0.6) is 0 Å². The summed E-state index contributed by atoms with van der Waals surface area (Å²) >= 11 is 1.32. The lowest BCUT2D eigenvalue weighted by atomic mass is 10.1. The zero-order valence-corrected chi connectivity index (χ0v) is 13.5. The number of anilines is 1. The monoisotopic (exact) mass is 352 g/mol. The van der Waals surface area contributed by atoms with Gasteiger partial charge in [0.25, 0.3) is 0 Å². The maximum Gasteiger partial charge on any atom is 0.340 e. The summed E-state index contributed by atoms with van der Waals surface area (Å²) in [6, 6.07) is 5.11. The van der Waals surface area contributed by atoms with Crippen LogP contribution in [0.1, 0.15) is 15.9 Å². The molecule has 0 unspecified atom stereocenters. The number of ether oxygens (including phenoxy) is 1. The van der Waals surface area contributed by atoms with Crippen LogP contribution in [0, 0.1) is 11.6 Å². The molecule has 2 rings (SSSR count). The first kappa shape index (κ1) is 17.9. The number of rotatable bonds is 6. The van der Waals surface area contributed by atoms with Gasteiger partial charge in [0.1, 0.15) is 11.6 Å². The first-order valence-corrected chi connectivity index (χ1v) is 8.00. The number of esters is 1. The van der Waals surface area contributed by atoms with Crippen molar-refractivity contribution in [1.29, 1.82) is 0 Å². The molecule has 24 heavy (non-hydrogen) atoms. The highest BCUT2D eigenvalue weighted by atomic mass is 32.2. The van der Waals surface area contributed by atoms with Crippen LogP contribution < -0.4 is 5.32 Å². The topological polar surface area (TPSA) is 68.3 Å².